The van der Waals surface area contributed by atoms with Crippen LogP contribution in [0.2, 0.25) is 0 Å². The molecule has 0 fully saturated rings. The minimum Gasteiger partial charge on any atom is -0.317 e. The number of aromatic nitrogens is 2. The van der Waals surface area contributed by atoms with Crippen LogP contribution in [-0.4, -0.2) is 27.1 Å². The first-order valence-electron chi connectivity index (χ1n) is 6.04. The van der Waals surface area contributed by atoms with Crippen molar-refractivity contribution in [2.45, 2.75) is 20.4 Å². The van der Waals surface area contributed by atoms with Crippen LogP contribution < -0.4 is 16.6 Å². The van der Waals surface area contributed by atoms with Crippen molar-refractivity contribution < 1.29 is 4.92 Å². The van der Waals surface area contributed by atoms with Gasteiger partial charge in [-0.2, -0.15) is 0 Å². The first kappa shape index (κ1) is 15.1. The Labute approximate surface area is 109 Å². The molecule has 0 bridgehead atoms. The number of hydrogen-bond donors (Lipinski definition) is 1. The molecular weight excluding hydrogens is 252 g/mol. The second kappa shape index (κ2) is 6.28. The lowest BCUT2D eigenvalue weighted by molar-refractivity contribution is -0.387. The molecule has 0 amide bonds. The Morgan fingerprint density at radius 2 is 2.11 bits per heavy atom. The normalized spacial score (nSPS) is 12.4. The van der Waals surface area contributed by atoms with Gasteiger partial charge in [-0.15, -0.1) is 0 Å². The molecule has 0 aliphatic carbocycles. The average Bonchev–Trinajstić information content (AvgIpc) is 2.36. The van der Waals surface area contributed by atoms with E-state index < -0.39 is 21.9 Å². The van der Waals surface area contributed by atoms with Crippen molar-refractivity contribution in [2.24, 2.45) is 13.0 Å². The monoisotopic (exact) mass is 270 g/mol. The molecule has 0 saturated carbocycles. The number of nitrogens with one attached hydrogen (secondary N) is 1. The van der Waals surface area contributed by atoms with Crippen LogP contribution in [0.3, 0.4) is 0 Å². The molecule has 0 aliphatic heterocycles. The number of hydrogen-bond acceptors (Lipinski definition) is 5. The minimum atomic E-state index is -0.851. The van der Waals surface area contributed by atoms with Crippen LogP contribution in [0.4, 0.5) is 5.69 Å². The topological polar surface area (TPSA) is 99.2 Å². The summed E-state index contributed by atoms with van der Waals surface area (Å²) in [6.07, 6.45) is 0.954. The summed E-state index contributed by atoms with van der Waals surface area (Å²) in [6.45, 7) is 5.39. The average molecular weight is 270 g/mol. The van der Waals surface area contributed by atoms with Gasteiger partial charge in [0, 0.05) is 13.6 Å². The Bertz CT molecular complexity index is 575. The lowest BCUT2D eigenvalue weighted by Crippen LogP contribution is -2.41. The van der Waals surface area contributed by atoms with Gasteiger partial charge in [-0.1, -0.05) is 13.8 Å². The zero-order valence-corrected chi connectivity index (χ0v) is 11.3. The van der Waals surface area contributed by atoms with Crippen molar-refractivity contribution in [1.82, 2.24) is 14.5 Å². The predicted molar refractivity (Wildman–Crippen MR) is 70.3 cm³/mol. The lowest BCUT2D eigenvalue weighted by atomic mass is 10.2. The molecule has 0 saturated heterocycles. The van der Waals surface area contributed by atoms with Crippen LogP contribution in [-0.2, 0) is 13.6 Å². The van der Waals surface area contributed by atoms with Crippen LogP contribution in [0.1, 0.15) is 13.8 Å². The van der Waals surface area contributed by atoms with E-state index in [2.05, 4.69) is 5.32 Å². The van der Waals surface area contributed by atoms with Gasteiger partial charge in [-0.25, -0.2) is 4.79 Å². The molecule has 8 nitrogen and oxygen atoms in total. The highest BCUT2D eigenvalue weighted by Crippen LogP contribution is 2.01. The van der Waals surface area contributed by atoms with Crippen molar-refractivity contribution in [3.8, 4) is 0 Å². The van der Waals surface area contributed by atoms with Gasteiger partial charge in [0.15, 0.2) is 0 Å². The Kier molecular flexibility index (Phi) is 4.99. The Morgan fingerprint density at radius 3 is 2.63 bits per heavy atom. The standard InChI is InChI=1S/C11H18N4O4/c1-4-12-5-8(2)6-14-10(16)9(15(18)19)7-13(3)11(14)17/h7-8,12H,4-6H2,1-3H3. The van der Waals surface area contributed by atoms with Crippen LogP contribution >= 0.6 is 0 Å². The SMILES string of the molecule is CCNCC(C)Cn1c(=O)c([N+](=O)[O-])cn(C)c1=O. The molecule has 1 aromatic rings. The van der Waals surface area contributed by atoms with Crippen LogP contribution in [0, 0.1) is 16.0 Å². The summed E-state index contributed by atoms with van der Waals surface area (Å²) >= 11 is 0. The van der Waals surface area contributed by atoms with E-state index in [1.807, 2.05) is 13.8 Å². The highest BCUT2D eigenvalue weighted by molar-refractivity contribution is 5.21. The first-order chi connectivity index (χ1) is 8.88. The summed E-state index contributed by atoms with van der Waals surface area (Å²) in [7, 11) is 1.39. The summed E-state index contributed by atoms with van der Waals surface area (Å²) in [5.41, 5.74) is -1.98. The fraction of sp³-hybridized carbons (Fsp3) is 0.636. The van der Waals surface area contributed by atoms with Gasteiger partial charge < -0.3 is 5.32 Å². The molecule has 19 heavy (non-hydrogen) atoms. The molecule has 0 radical (unpaired) electrons. The van der Waals surface area contributed by atoms with Gasteiger partial charge in [0.2, 0.25) is 0 Å². The molecular formula is C11H18N4O4. The molecule has 1 aromatic heterocycles. The zero-order chi connectivity index (χ0) is 14.6. The second-order valence-electron chi connectivity index (χ2n) is 4.49. The van der Waals surface area contributed by atoms with Crippen LogP contribution in [0.15, 0.2) is 15.8 Å². The molecule has 0 aromatic carbocycles. The quantitative estimate of drug-likeness (QED) is 0.565. The van der Waals surface area contributed by atoms with E-state index in [9.17, 15) is 19.7 Å². The smallest absolute Gasteiger partial charge is 0.317 e. The second-order valence-corrected chi connectivity index (χ2v) is 4.49. The van der Waals surface area contributed by atoms with Crippen molar-refractivity contribution in [2.75, 3.05) is 13.1 Å². The molecule has 8 heteroatoms. The van der Waals surface area contributed by atoms with Gasteiger partial charge in [0.25, 0.3) is 0 Å². The van der Waals surface area contributed by atoms with Crippen LogP contribution in [0.25, 0.3) is 0 Å². The highest BCUT2D eigenvalue weighted by atomic mass is 16.6. The number of nitro groups is 1. The van der Waals surface area contributed by atoms with Crippen molar-refractivity contribution in [1.29, 1.82) is 0 Å². The van der Waals surface area contributed by atoms with Crippen LogP contribution in [0.5, 0.6) is 0 Å². The Morgan fingerprint density at radius 1 is 1.47 bits per heavy atom. The van der Waals surface area contributed by atoms with Gasteiger partial charge in [-0.05, 0) is 19.0 Å². The summed E-state index contributed by atoms with van der Waals surface area (Å²) in [6, 6.07) is 0. The number of rotatable bonds is 6. The number of nitrogens with zero attached hydrogens (tertiary/aromatic N) is 3. The zero-order valence-electron chi connectivity index (χ0n) is 11.3. The maximum atomic E-state index is 11.9. The Hall–Kier alpha value is -1.96. The van der Waals surface area contributed by atoms with E-state index in [0.717, 1.165) is 21.9 Å². The van der Waals surface area contributed by atoms with Gasteiger partial charge in [0.05, 0.1) is 11.1 Å². The maximum Gasteiger partial charge on any atom is 0.350 e. The van der Waals surface area contributed by atoms with E-state index in [0.29, 0.717) is 6.54 Å². The van der Waals surface area contributed by atoms with E-state index in [1.54, 1.807) is 0 Å². The summed E-state index contributed by atoms with van der Waals surface area (Å²) < 4.78 is 1.97. The minimum absolute atomic E-state index is 0.0207. The summed E-state index contributed by atoms with van der Waals surface area (Å²) in [4.78, 5) is 33.7. The largest absolute Gasteiger partial charge is 0.350 e. The highest BCUT2D eigenvalue weighted by Gasteiger charge is 2.19. The summed E-state index contributed by atoms with van der Waals surface area (Å²) in [5, 5.41) is 13.9. The third kappa shape index (κ3) is 3.50. The summed E-state index contributed by atoms with van der Waals surface area (Å²) in [5.74, 6) is 0.0207. The molecule has 1 rings (SSSR count). The third-order valence-electron chi connectivity index (χ3n) is 2.75. The molecule has 1 heterocycles. The molecule has 0 aliphatic rings. The van der Waals surface area contributed by atoms with E-state index in [1.165, 1.54) is 7.05 Å². The predicted octanol–water partition coefficient (Wildman–Crippen LogP) is -0.299. The van der Waals surface area contributed by atoms with Crippen molar-refractivity contribution in [3.63, 3.8) is 0 Å². The lowest BCUT2D eigenvalue weighted by Gasteiger charge is -2.13. The van der Waals surface area contributed by atoms with Gasteiger partial charge in [-0.3, -0.25) is 24.0 Å². The molecule has 106 valence electrons. The van der Waals surface area contributed by atoms with E-state index >= 15 is 0 Å². The fourth-order valence-electron chi connectivity index (χ4n) is 1.76. The third-order valence-corrected chi connectivity index (χ3v) is 2.75. The number of aryl methyl sites for hydroxylation is 1. The van der Waals surface area contributed by atoms with E-state index in [4.69, 9.17) is 0 Å². The molecule has 1 unspecified atom stereocenters. The Balaban J connectivity index is 3.16. The first-order valence-corrected chi connectivity index (χ1v) is 6.04. The van der Waals surface area contributed by atoms with Gasteiger partial charge in [0.1, 0.15) is 0 Å². The fourth-order valence-corrected chi connectivity index (χ4v) is 1.76. The van der Waals surface area contributed by atoms with Gasteiger partial charge >= 0.3 is 16.9 Å². The van der Waals surface area contributed by atoms with Crippen molar-refractivity contribution >= 4 is 5.69 Å². The molecule has 1 N–H and O–H groups in total. The van der Waals surface area contributed by atoms with E-state index in [-0.39, 0.29) is 12.5 Å². The molecule has 1 atom stereocenters. The molecule has 0 spiro atoms. The maximum absolute atomic E-state index is 11.9. The van der Waals surface area contributed by atoms with Crippen molar-refractivity contribution in [3.05, 3.63) is 37.1 Å².